The van der Waals surface area contributed by atoms with Gasteiger partial charge in [0.05, 0.1) is 16.1 Å². The molecule has 2 fully saturated rings. The summed E-state index contributed by atoms with van der Waals surface area (Å²) in [6.07, 6.45) is 4.64. The van der Waals surface area contributed by atoms with Gasteiger partial charge in [-0.1, -0.05) is 59.1 Å². The smallest absolute Gasteiger partial charge is 0.252 e. The van der Waals surface area contributed by atoms with E-state index in [1.807, 2.05) is 37.3 Å². The largest absolute Gasteiger partial charge is 0.490 e. The third-order valence-corrected chi connectivity index (χ3v) is 9.92. The Morgan fingerprint density at radius 1 is 0.915 bits per heavy atom. The molecule has 2 N–H and O–H groups in total. The molecule has 1 amide bonds. The highest BCUT2D eigenvalue weighted by Gasteiger charge is 2.41. The zero-order valence-corrected chi connectivity index (χ0v) is 29.2. The van der Waals surface area contributed by atoms with E-state index >= 15 is 0 Å². The van der Waals surface area contributed by atoms with E-state index in [2.05, 4.69) is 39.8 Å². The number of hydrogen-bond acceptors (Lipinski definition) is 6. The van der Waals surface area contributed by atoms with Crippen molar-refractivity contribution in [3.63, 3.8) is 0 Å². The van der Waals surface area contributed by atoms with Crippen LogP contribution in [0.3, 0.4) is 0 Å². The van der Waals surface area contributed by atoms with E-state index in [1.165, 1.54) is 5.56 Å². The van der Waals surface area contributed by atoms with E-state index in [9.17, 15) is 4.79 Å². The summed E-state index contributed by atoms with van der Waals surface area (Å²) in [5.74, 6) is 1.28. The summed E-state index contributed by atoms with van der Waals surface area (Å²) in [4.78, 5) is 16.6. The molecule has 2 atom stereocenters. The molecule has 3 aromatic carbocycles. The van der Waals surface area contributed by atoms with Gasteiger partial charge in [0.15, 0.2) is 5.75 Å². The average molecular weight is 699 g/mol. The lowest BCUT2D eigenvalue weighted by molar-refractivity contribution is -0.128. The minimum Gasteiger partial charge on any atom is -0.490 e. The van der Waals surface area contributed by atoms with Crippen molar-refractivity contribution < 1.29 is 19.0 Å². The van der Waals surface area contributed by atoms with Crippen LogP contribution in [0.4, 0.5) is 0 Å². The number of fused-ring (bicyclic) bond motifs is 2. The lowest BCUT2D eigenvalue weighted by Crippen LogP contribution is -2.60. The fourth-order valence-electron chi connectivity index (χ4n) is 6.54. The minimum absolute atomic E-state index is 0.0596. The van der Waals surface area contributed by atoms with Crippen LogP contribution in [-0.4, -0.2) is 69.0 Å². The van der Waals surface area contributed by atoms with E-state index in [1.54, 1.807) is 7.11 Å². The molecular weight excluding hydrogens is 657 g/mol. The quantitative estimate of drug-likeness (QED) is 0.173. The maximum atomic E-state index is 14.6. The molecule has 6 rings (SSSR count). The van der Waals surface area contributed by atoms with Crippen molar-refractivity contribution >= 4 is 46.3 Å². The third kappa shape index (κ3) is 8.45. The summed E-state index contributed by atoms with van der Waals surface area (Å²) < 4.78 is 17.0. The first kappa shape index (κ1) is 34.1. The van der Waals surface area contributed by atoms with Crippen molar-refractivity contribution in [3.8, 4) is 11.5 Å². The highest BCUT2D eigenvalue weighted by Crippen LogP contribution is 2.38. The number of methoxy groups -OCH3 is 1. The molecular formula is C37H42Cl3N3O4. The van der Waals surface area contributed by atoms with Crippen LogP contribution in [0.25, 0.3) is 5.57 Å². The number of amides is 1. The van der Waals surface area contributed by atoms with Crippen LogP contribution in [0.1, 0.15) is 47.9 Å². The van der Waals surface area contributed by atoms with E-state index < -0.39 is 0 Å². The van der Waals surface area contributed by atoms with Gasteiger partial charge in [0.1, 0.15) is 19.0 Å². The van der Waals surface area contributed by atoms with Crippen LogP contribution < -0.4 is 20.1 Å². The van der Waals surface area contributed by atoms with Crippen molar-refractivity contribution in [1.29, 1.82) is 0 Å². The first-order valence-electron chi connectivity index (χ1n) is 16.4. The van der Waals surface area contributed by atoms with Gasteiger partial charge in [-0.25, -0.2) is 0 Å². The van der Waals surface area contributed by atoms with E-state index in [0.29, 0.717) is 53.7 Å². The van der Waals surface area contributed by atoms with Crippen molar-refractivity contribution in [2.24, 2.45) is 0 Å². The fraction of sp³-hybridized carbons (Fsp3) is 0.432. The molecule has 0 aromatic heterocycles. The highest BCUT2D eigenvalue weighted by molar-refractivity contribution is 6.37. The molecule has 2 bridgehead atoms. The van der Waals surface area contributed by atoms with Crippen LogP contribution in [0.2, 0.25) is 15.1 Å². The topological polar surface area (TPSA) is 72.1 Å². The first-order chi connectivity index (χ1) is 22.8. The zero-order valence-electron chi connectivity index (χ0n) is 26.9. The highest BCUT2D eigenvalue weighted by atomic mass is 35.5. The van der Waals surface area contributed by atoms with Gasteiger partial charge in [0, 0.05) is 56.0 Å². The van der Waals surface area contributed by atoms with Gasteiger partial charge in [-0.15, -0.1) is 0 Å². The van der Waals surface area contributed by atoms with Crippen molar-refractivity contribution in [3.05, 3.63) is 97.5 Å². The minimum atomic E-state index is -0.0596. The second-order valence-electron chi connectivity index (χ2n) is 12.6. The maximum Gasteiger partial charge on any atom is 0.252 e. The summed E-state index contributed by atoms with van der Waals surface area (Å²) in [5, 5.41) is 8.91. The summed E-state index contributed by atoms with van der Waals surface area (Å²) in [7, 11) is 1.72. The third-order valence-electron chi connectivity index (χ3n) is 8.99. The van der Waals surface area contributed by atoms with Crippen molar-refractivity contribution in [2.45, 2.75) is 63.7 Å². The molecule has 0 unspecified atom stereocenters. The van der Waals surface area contributed by atoms with Crippen LogP contribution >= 0.6 is 34.8 Å². The molecule has 1 aliphatic carbocycles. The second kappa shape index (κ2) is 15.6. The first-order valence-corrected chi connectivity index (χ1v) is 17.5. The molecule has 3 aliphatic rings. The SMILES string of the molecule is COCCCc1ccc(Cl)c(CN(C(=O)C2=C(c3ccc(OCCOc4c(Cl)cc(C)cc4Cl)cc3)C[C@@H]3CNC[C@H]2N3)C2CC2)c1. The Morgan fingerprint density at radius 2 is 1.66 bits per heavy atom. The number of piperazine rings is 1. The van der Waals surface area contributed by atoms with Gasteiger partial charge in [0.25, 0.3) is 5.91 Å². The number of ether oxygens (including phenoxy) is 3. The predicted octanol–water partition coefficient (Wildman–Crippen LogP) is 7.27. The standard InChI is InChI=1S/C37H42Cl3N3O4/c1-23-16-32(39)36(33(40)17-23)47-15-14-46-29-10-6-25(7-11-29)30-19-27-20-41-21-34(42-27)35(30)37(44)43(28-8-9-28)22-26-18-24(4-3-13-45-2)5-12-31(26)38/h5-7,10-12,16-18,27-28,34,41-42H,3-4,8-9,13-15,19-22H2,1-2H3/t27-,34-/m1/s1. The van der Waals surface area contributed by atoms with Gasteiger partial charge in [-0.05, 0) is 97.2 Å². The molecule has 47 heavy (non-hydrogen) atoms. The molecule has 1 saturated heterocycles. The normalized spacial score (nSPS) is 19.1. The lowest BCUT2D eigenvalue weighted by Gasteiger charge is -2.41. The average Bonchev–Trinajstić information content (AvgIpc) is 3.90. The van der Waals surface area contributed by atoms with Crippen molar-refractivity contribution in [1.82, 2.24) is 15.5 Å². The molecule has 3 aromatic rings. The number of nitrogens with zero attached hydrogens (tertiary/aromatic N) is 1. The number of hydrogen-bond donors (Lipinski definition) is 2. The van der Waals surface area contributed by atoms with E-state index in [-0.39, 0.29) is 24.0 Å². The van der Waals surface area contributed by atoms with Gasteiger partial charge < -0.3 is 29.7 Å². The molecule has 0 spiro atoms. The van der Waals surface area contributed by atoms with Gasteiger partial charge in [-0.3, -0.25) is 4.79 Å². The zero-order chi connectivity index (χ0) is 32.9. The molecule has 2 aliphatic heterocycles. The summed E-state index contributed by atoms with van der Waals surface area (Å²) >= 11 is 19.3. The molecule has 250 valence electrons. The Bertz CT molecular complexity index is 1590. The van der Waals surface area contributed by atoms with E-state index in [0.717, 1.165) is 72.2 Å². The molecule has 2 heterocycles. The number of carbonyl (C=O) groups excluding carboxylic acids is 1. The van der Waals surface area contributed by atoms with Gasteiger partial charge in [-0.2, -0.15) is 0 Å². The number of nitrogens with one attached hydrogen (secondary N) is 2. The molecule has 10 heteroatoms. The summed E-state index contributed by atoms with van der Waals surface area (Å²) in [5.41, 5.74) is 6.17. The Morgan fingerprint density at radius 3 is 2.38 bits per heavy atom. The Balaban J connectivity index is 1.18. The molecule has 0 radical (unpaired) electrons. The van der Waals surface area contributed by atoms with Crippen LogP contribution in [0, 0.1) is 6.92 Å². The summed E-state index contributed by atoms with van der Waals surface area (Å²) in [6, 6.07) is 18.3. The Labute approximate surface area is 292 Å². The molecule has 1 saturated carbocycles. The number of carbonyl (C=O) groups is 1. The summed E-state index contributed by atoms with van der Waals surface area (Å²) in [6.45, 7) is 5.36. The predicted molar refractivity (Wildman–Crippen MR) is 189 cm³/mol. The number of aryl methyl sites for hydroxylation is 2. The second-order valence-corrected chi connectivity index (χ2v) is 13.9. The maximum absolute atomic E-state index is 14.6. The molecule has 7 nitrogen and oxygen atoms in total. The number of benzene rings is 3. The van der Waals surface area contributed by atoms with Crippen molar-refractivity contribution in [2.75, 3.05) is 40.0 Å². The fourth-order valence-corrected chi connectivity index (χ4v) is 7.42. The van der Waals surface area contributed by atoms with Crippen LogP contribution in [-0.2, 0) is 22.5 Å². The van der Waals surface area contributed by atoms with Gasteiger partial charge >= 0.3 is 0 Å². The van der Waals surface area contributed by atoms with Crippen LogP contribution in [0.15, 0.2) is 60.2 Å². The Hall–Kier alpha value is -2.78. The van der Waals surface area contributed by atoms with E-state index in [4.69, 9.17) is 49.0 Å². The lowest BCUT2D eigenvalue weighted by atomic mass is 9.83. The number of rotatable bonds is 14. The van der Waals surface area contributed by atoms with Crippen LogP contribution in [0.5, 0.6) is 11.5 Å². The number of halogens is 3. The monoisotopic (exact) mass is 697 g/mol. The van der Waals surface area contributed by atoms with Gasteiger partial charge in [0.2, 0.25) is 0 Å². The Kier molecular flexibility index (Phi) is 11.3.